The molecule has 18 heavy (non-hydrogen) atoms. The van der Waals surface area contributed by atoms with Crippen LogP contribution < -0.4 is 0 Å². The van der Waals surface area contributed by atoms with Gasteiger partial charge in [0.2, 0.25) is 0 Å². The Hall–Kier alpha value is -1.52. The number of thiazole rings is 1. The maximum atomic E-state index is 11.9. The van der Waals surface area contributed by atoms with Crippen LogP contribution in [0.5, 0.6) is 0 Å². The van der Waals surface area contributed by atoms with E-state index in [1.165, 1.54) is 0 Å². The minimum Gasteiger partial charge on any atom is -0.300 e. The molecule has 0 aliphatic heterocycles. The number of Topliss-reactive ketones (excluding diaryl/α,β-unsaturated/α-hetero) is 1. The predicted octanol–water partition coefficient (Wildman–Crippen LogP) is 2.85. The number of hydrogen-bond acceptors (Lipinski definition) is 4. The maximum absolute atomic E-state index is 11.9. The fourth-order valence-electron chi connectivity index (χ4n) is 1.73. The Labute approximate surface area is 111 Å². The van der Waals surface area contributed by atoms with Gasteiger partial charge in [0.1, 0.15) is 0 Å². The second-order valence-corrected chi connectivity index (χ2v) is 4.98. The lowest BCUT2D eigenvalue weighted by molar-refractivity contribution is 0.0967. The molecule has 1 aromatic heterocycles. The third-order valence-corrected chi connectivity index (χ3v) is 3.37. The summed E-state index contributed by atoms with van der Waals surface area (Å²) in [6.45, 7) is 1.55. The van der Waals surface area contributed by atoms with E-state index in [1.54, 1.807) is 11.3 Å². The third kappa shape index (κ3) is 3.75. The van der Waals surface area contributed by atoms with E-state index >= 15 is 0 Å². The van der Waals surface area contributed by atoms with Crippen LogP contribution in [0, 0.1) is 0 Å². The van der Waals surface area contributed by atoms with Gasteiger partial charge in [-0.25, -0.2) is 4.98 Å². The summed E-state index contributed by atoms with van der Waals surface area (Å²) in [7, 11) is 2.01. The largest absolute Gasteiger partial charge is 0.300 e. The standard InChI is InChI=1S/C14H16N2OS/c1-16(9-13-10-18-11-15-13)8-7-14(17)12-5-3-2-4-6-12/h2-6,10-11H,7-9H2,1H3. The van der Waals surface area contributed by atoms with Crippen LogP contribution in [0.15, 0.2) is 41.2 Å². The van der Waals surface area contributed by atoms with Gasteiger partial charge in [0.05, 0.1) is 11.2 Å². The van der Waals surface area contributed by atoms with Gasteiger partial charge in [-0.2, -0.15) is 0 Å². The first-order chi connectivity index (χ1) is 8.75. The zero-order valence-electron chi connectivity index (χ0n) is 10.4. The highest BCUT2D eigenvalue weighted by atomic mass is 32.1. The number of benzene rings is 1. The molecule has 0 saturated carbocycles. The first kappa shape index (κ1) is 12.9. The van der Waals surface area contributed by atoms with Crippen molar-refractivity contribution >= 4 is 17.1 Å². The first-order valence-electron chi connectivity index (χ1n) is 5.89. The maximum Gasteiger partial charge on any atom is 0.164 e. The van der Waals surface area contributed by atoms with E-state index in [-0.39, 0.29) is 5.78 Å². The highest BCUT2D eigenvalue weighted by Gasteiger charge is 2.07. The molecule has 0 saturated heterocycles. The highest BCUT2D eigenvalue weighted by molar-refractivity contribution is 7.07. The van der Waals surface area contributed by atoms with E-state index in [0.29, 0.717) is 6.42 Å². The number of carbonyl (C=O) groups excluding carboxylic acids is 1. The molecular weight excluding hydrogens is 244 g/mol. The van der Waals surface area contributed by atoms with Gasteiger partial charge in [0.15, 0.2) is 5.78 Å². The van der Waals surface area contributed by atoms with Crippen LogP contribution in [0.3, 0.4) is 0 Å². The zero-order valence-corrected chi connectivity index (χ0v) is 11.2. The second kappa shape index (κ2) is 6.42. The minimum absolute atomic E-state index is 0.195. The van der Waals surface area contributed by atoms with Gasteiger partial charge in [0.25, 0.3) is 0 Å². The molecule has 3 nitrogen and oxygen atoms in total. The van der Waals surface area contributed by atoms with E-state index in [1.807, 2.05) is 48.3 Å². The summed E-state index contributed by atoms with van der Waals surface area (Å²) in [5, 5.41) is 2.04. The van der Waals surface area contributed by atoms with Crippen LogP contribution in [0.1, 0.15) is 22.5 Å². The second-order valence-electron chi connectivity index (χ2n) is 4.26. The van der Waals surface area contributed by atoms with E-state index < -0.39 is 0 Å². The highest BCUT2D eigenvalue weighted by Crippen LogP contribution is 2.07. The Morgan fingerprint density at radius 2 is 2.11 bits per heavy atom. The third-order valence-electron chi connectivity index (χ3n) is 2.73. The van der Waals surface area contributed by atoms with Crippen molar-refractivity contribution in [3.05, 3.63) is 52.5 Å². The molecule has 0 spiro atoms. The number of nitrogens with zero attached hydrogens (tertiary/aromatic N) is 2. The molecule has 2 aromatic rings. The van der Waals surface area contributed by atoms with Crippen molar-refractivity contribution in [2.45, 2.75) is 13.0 Å². The van der Waals surface area contributed by atoms with Crippen LogP contribution in [-0.2, 0) is 6.54 Å². The fourth-order valence-corrected chi connectivity index (χ4v) is 2.28. The van der Waals surface area contributed by atoms with Crippen molar-refractivity contribution in [2.24, 2.45) is 0 Å². The Bertz CT molecular complexity index is 482. The van der Waals surface area contributed by atoms with Crippen LogP contribution >= 0.6 is 11.3 Å². The number of ketones is 1. The van der Waals surface area contributed by atoms with Crippen LogP contribution in [0.4, 0.5) is 0 Å². The molecule has 2 rings (SSSR count). The van der Waals surface area contributed by atoms with Crippen molar-refractivity contribution in [1.82, 2.24) is 9.88 Å². The number of carbonyl (C=O) groups is 1. The van der Waals surface area contributed by atoms with Gasteiger partial charge in [-0.05, 0) is 7.05 Å². The molecule has 0 aliphatic rings. The Morgan fingerprint density at radius 3 is 2.78 bits per heavy atom. The van der Waals surface area contributed by atoms with Gasteiger partial charge in [0, 0.05) is 30.5 Å². The Morgan fingerprint density at radius 1 is 1.33 bits per heavy atom. The van der Waals surface area contributed by atoms with Crippen molar-refractivity contribution < 1.29 is 4.79 Å². The minimum atomic E-state index is 0.195. The summed E-state index contributed by atoms with van der Waals surface area (Å²) in [6.07, 6.45) is 0.546. The smallest absolute Gasteiger partial charge is 0.164 e. The van der Waals surface area contributed by atoms with E-state index in [4.69, 9.17) is 0 Å². The van der Waals surface area contributed by atoms with Crippen molar-refractivity contribution in [1.29, 1.82) is 0 Å². The molecule has 0 radical (unpaired) electrons. The average molecular weight is 260 g/mol. The fraction of sp³-hybridized carbons (Fsp3) is 0.286. The molecule has 0 amide bonds. The Balaban J connectivity index is 1.79. The van der Waals surface area contributed by atoms with Crippen molar-refractivity contribution in [3.63, 3.8) is 0 Å². The van der Waals surface area contributed by atoms with E-state index in [9.17, 15) is 4.79 Å². The van der Waals surface area contributed by atoms with E-state index in [0.717, 1.165) is 24.3 Å². The van der Waals surface area contributed by atoms with Crippen molar-refractivity contribution in [3.8, 4) is 0 Å². The predicted molar refractivity (Wildman–Crippen MR) is 73.8 cm³/mol. The molecule has 94 valence electrons. The topological polar surface area (TPSA) is 33.2 Å². The normalized spacial score (nSPS) is 10.8. The number of aromatic nitrogens is 1. The molecule has 0 atom stereocenters. The van der Waals surface area contributed by atoms with Gasteiger partial charge >= 0.3 is 0 Å². The first-order valence-corrected chi connectivity index (χ1v) is 6.84. The monoisotopic (exact) mass is 260 g/mol. The lowest BCUT2D eigenvalue weighted by Crippen LogP contribution is -2.21. The number of rotatable bonds is 6. The molecule has 1 aromatic carbocycles. The summed E-state index contributed by atoms with van der Waals surface area (Å²) >= 11 is 1.60. The summed E-state index contributed by atoms with van der Waals surface area (Å²) in [5.41, 5.74) is 3.69. The van der Waals surface area contributed by atoms with Crippen LogP contribution in [0.25, 0.3) is 0 Å². The average Bonchev–Trinajstić information content (AvgIpc) is 2.90. The molecule has 4 heteroatoms. The van der Waals surface area contributed by atoms with Crippen LogP contribution in [-0.4, -0.2) is 29.3 Å². The molecule has 0 unspecified atom stereocenters. The molecule has 0 N–H and O–H groups in total. The summed E-state index contributed by atoms with van der Waals surface area (Å²) in [6, 6.07) is 9.44. The summed E-state index contributed by atoms with van der Waals surface area (Å²) < 4.78 is 0. The SMILES string of the molecule is CN(CCC(=O)c1ccccc1)Cc1cscn1. The molecule has 1 heterocycles. The summed E-state index contributed by atoms with van der Waals surface area (Å²) in [4.78, 5) is 18.3. The van der Waals surface area contributed by atoms with Gasteiger partial charge in [-0.3, -0.25) is 4.79 Å². The van der Waals surface area contributed by atoms with Gasteiger partial charge < -0.3 is 4.90 Å². The Kier molecular flexibility index (Phi) is 4.61. The van der Waals surface area contributed by atoms with E-state index in [2.05, 4.69) is 9.88 Å². The number of hydrogen-bond donors (Lipinski definition) is 0. The molecule has 0 aliphatic carbocycles. The van der Waals surface area contributed by atoms with Crippen LogP contribution in [0.2, 0.25) is 0 Å². The molecule has 0 bridgehead atoms. The summed E-state index contributed by atoms with van der Waals surface area (Å²) in [5.74, 6) is 0.195. The molecular formula is C14H16N2OS. The van der Waals surface area contributed by atoms with Gasteiger partial charge in [-0.1, -0.05) is 30.3 Å². The molecule has 0 fully saturated rings. The zero-order chi connectivity index (χ0) is 12.8. The van der Waals surface area contributed by atoms with Crippen molar-refractivity contribution in [2.75, 3.05) is 13.6 Å². The quantitative estimate of drug-likeness (QED) is 0.749. The lowest BCUT2D eigenvalue weighted by atomic mass is 10.1. The van der Waals surface area contributed by atoms with Gasteiger partial charge in [-0.15, -0.1) is 11.3 Å². The lowest BCUT2D eigenvalue weighted by Gasteiger charge is -2.14.